The van der Waals surface area contributed by atoms with Crippen molar-refractivity contribution in [3.05, 3.63) is 66.6 Å². The third kappa shape index (κ3) is 4.92. The van der Waals surface area contributed by atoms with E-state index in [4.69, 9.17) is 4.74 Å². The Hall–Kier alpha value is -3.79. The normalized spacial score (nSPS) is 10.9. The Morgan fingerprint density at radius 1 is 1.12 bits per heavy atom. The number of nitrogens with one attached hydrogen (secondary N) is 1. The fourth-order valence-corrected chi connectivity index (χ4v) is 3.75. The van der Waals surface area contributed by atoms with Crippen LogP contribution in [0.5, 0.6) is 6.01 Å². The van der Waals surface area contributed by atoms with Crippen LogP contribution in [0.15, 0.2) is 71.0 Å². The van der Waals surface area contributed by atoms with Crippen molar-refractivity contribution >= 4 is 23.5 Å². The number of anilines is 1. The lowest BCUT2D eigenvalue weighted by Gasteiger charge is -2.11. The van der Waals surface area contributed by atoms with Crippen molar-refractivity contribution in [2.75, 3.05) is 12.4 Å². The molecule has 4 aromatic rings. The highest BCUT2D eigenvalue weighted by Crippen LogP contribution is 2.27. The number of hydrogen-bond acceptors (Lipinski definition) is 8. The highest BCUT2D eigenvalue weighted by Gasteiger charge is 2.13. The summed E-state index contributed by atoms with van der Waals surface area (Å²) in [5.74, 6) is 0.821. The van der Waals surface area contributed by atoms with Crippen LogP contribution in [0.2, 0.25) is 0 Å². The number of benzene rings is 1. The van der Waals surface area contributed by atoms with E-state index in [2.05, 4.69) is 30.5 Å². The van der Waals surface area contributed by atoms with E-state index in [-0.39, 0.29) is 11.9 Å². The highest BCUT2D eigenvalue weighted by molar-refractivity contribution is 7.99. The predicted molar refractivity (Wildman–Crippen MR) is 121 cm³/mol. The summed E-state index contributed by atoms with van der Waals surface area (Å²) in [7, 11) is 1.52. The molecule has 32 heavy (non-hydrogen) atoms. The molecule has 10 heteroatoms. The SMILES string of the molecule is COc1nccc(Sc2cccc(C(=O)Nc3cccc(-c4nncn4C(C)C)n3)c2)n1. The van der Waals surface area contributed by atoms with E-state index in [0.717, 1.165) is 9.92 Å². The Balaban J connectivity index is 1.51. The second-order valence-electron chi connectivity index (χ2n) is 7.03. The largest absolute Gasteiger partial charge is 0.467 e. The number of carbonyl (C=O) groups excluding carboxylic acids is 1. The molecule has 1 N–H and O–H groups in total. The summed E-state index contributed by atoms with van der Waals surface area (Å²) in [6.45, 7) is 4.09. The van der Waals surface area contributed by atoms with Gasteiger partial charge in [0.25, 0.3) is 5.91 Å². The second-order valence-corrected chi connectivity index (χ2v) is 8.12. The lowest BCUT2D eigenvalue weighted by atomic mass is 10.2. The minimum Gasteiger partial charge on any atom is -0.467 e. The van der Waals surface area contributed by atoms with Gasteiger partial charge in [-0.15, -0.1) is 10.2 Å². The summed E-state index contributed by atoms with van der Waals surface area (Å²) in [4.78, 5) is 26.6. The Bertz CT molecular complexity index is 1240. The van der Waals surface area contributed by atoms with Crippen molar-refractivity contribution in [3.63, 3.8) is 0 Å². The molecule has 0 aliphatic heterocycles. The Morgan fingerprint density at radius 2 is 1.97 bits per heavy atom. The molecule has 0 bridgehead atoms. The number of aromatic nitrogens is 6. The zero-order chi connectivity index (χ0) is 22.5. The van der Waals surface area contributed by atoms with Gasteiger partial charge in [-0.05, 0) is 50.2 Å². The van der Waals surface area contributed by atoms with Gasteiger partial charge < -0.3 is 14.6 Å². The molecule has 162 valence electrons. The van der Waals surface area contributed by atoms with Gasteiger partial charge in [-0.25, -0.2) is 9.97 Å². The average molecular weight is 448 g/mol. The zero-order valence-electron chi connectivity index (χ0n) is 17.8. The lowest BCUT2D eigenvalue weighted by Crippen LogP contribution is -2.13. The van der Waals surface area contributed by atoms with Gasteiger partial charge in [0.2, 0.25) is 0 Å². The average Bonchev–Trinajstić information content (AvgIpc) is 3.30. The van der Waals surface area contributed by atoms with E-state index in [1.165, 1.54) is 18.9 Å². The molecule has 0 aliphatic carbocycles. The molecule has 4 rings (SSSR count). The minimum absolute atomic E-state index is 0.190. The Kier molecular flexibility index (Phi) is 6.41. The third-order valence-corrected chi connectivity index (χ3v) is 5.38. The number of ether oxygens (including phenoxy) is 1. The maximum Gasteiger partial charge on any atom is 0.317 e. The smallest absolute Gasteiger partial charge is 0.317 e. The topological polar surface area (TPSA) is 108 Å². The van der Waals surface area contributed by atoms with Gasteiger partial charge in [-0.1, -0.05) is 23.9 Å². The van der Waals surface area contributed by atoms with Gasteiger partial charge in [-0.3, -0.25) is 4.79 Å². The molecule has 1 aromatic carbocycles. The van der Waals surface area contributed by atoms with Crippen LogP contribution in [-0.4, -0.2) is 42.7 Å². The number of pyridine rings is 1. The predicted octanol–water partition coefficient (Wildman–Crippen LogP) is 4.12. The number of methoxy groups -OCH3 is 1. The summed E-state index contributed by atoms with van der Waals surface area (Å²) >= 11 is 1.42. The molecule has 9 nitrogen and oxygen atoms in total. The van der Waals surface area contributed by atoms with Crippen LogP contribution in [0, 0.1) is 0 Å². The number of rotatable bonds is 7. The Morgan fingerprint density at radius 3 is 2.78 bits per heavy atom. The summed E-state index contributed by atoms with van der Waals surface area (Å²) < 4.78 is 6.99. The molecular weight excluding hydrogens is 426 g/mol. The number of hydrogen-bond donors (Lipinski definition) is 1. The van der Waals surface area contributed by atoms with Crippen LogP contribution in [0.25, 0.3) is 11.5 Å². The van der Waals surface area contributed by atoms with Gasteiger partial charge >= 0.3 is 6.01 Å². The monoisotopic (exact) mass is 447 g/mol. The van der Waals surface area contributed by atoms with Crippen LogP contribution < -0.4 is 10.1 Å². The van der Waals surface area contributed by atoms with Gasteiger partial charge in [0.1, 0.15) is 22.9 Å². The van der Waals surface area contributed by atoms with E-state index in [9.17, 15) is 4.79 Å². The quantitative estimate of drug-likeness (QED) is 0.422. The number of amides is 1. The van der Waals surface area contributed by atoms with Gasteiger partial charge in [0, 0.05) is 22.7 Å². The van der Waals surface area contributed by atoms with Gasteiger partial charge in [0.05, 0.1) is 7.11 Å². The van der Waals surface area contributed by atoms with Crippen LogP contribution in [0.1, 0.15) is 30.2 Å². The molecule has 0 atom stereocenters. The fraction of sp³-hybridized carbons (Fsp3) is 0.182. The van der Waals surface area contributed by atoms with E-state index in [0.29, 0.717) is 28.9 Å². The van der Waals surface area contributed by atoms with Crippen LogP contribution in [0.3, 0.4) is 0 Å². The molecule has 0 unspecified atom stereocenters. The molecule has 0 saturated heterocycles. The van der Waals surface area contributed by atoms with Gasteiger partial charge in [-0.2, -0.15) is 4.98 Å². The van der Waals surface area contributed by atoms with Crippen molar-refractivity contribution in [2.45, 2.75) is 29.8 Å². The first-order valence-electron chi connectivity index (χ1n) is 9.86. The van der Waals surface area contributed by atoms with E-state index in [1.807, 2.05) is 42.7 Å². The van der Waals surface area contributed by atoms with Crippen molar-refractivity contribution in [2.24, 2.45) is 0 Å². The molecule has 0 aliphatic rings. The second kappa shape index (κ2) is 9.56. The lowest BCUT2D eigenvalue weighted by molar-refractivity contribution is 0.102. The zero-order valence-corrected chi connectivity index (χ0v) is 18.6. The first-order chi connectivity index (χ1) is 15.5. The molecule has 3 heterocycles. The molecule has 1 amide bonds. The molecule has 0 spiro atoms. The van der Waals surface area contributed by atoms with Gasteiger partial charge in [0.15, 0.2) is 5.82 Å². The summed E-state index contributed by atoms with van der Waals surface area (Å²) in [5.41, 5.74) is 1.14. The molecule has 0 radical (unpaired) electrons. The maximum absolute atomic E-state index is 12.9. The van der Waals surface area contributed by atoms with Crippen LogP contribution in [0.4, 0.5) is 5.82 Å². The van der Waals surface area contributed by atoms with Crippen molar-refractivity contribution in [3.8, 4) is 17.5 Å². The number of carbonyl (C=O) groups is 1. The van der Waals surface area contributed by atoms with Crippen molar-refractivity contribution in [1.82, 2.24) is 29.7 Å². The summed E-state index contributed by atoms with van der Waals surface area (Å²) in [5, 5.41) is 11.7. The van der Waals surface area contributed by atoms with E-state index in [1.54, 1.807) is 36.8 Å². The summed E-state index contributed by atoms with van der Waals surface area (Å²) in [6, 6.07) is 15.0. The highest BCUT2D eigenvalue weighted by atomic mass is 32.2. The standard InChI is InChI=1S/C22H21N7O2S/c1-14(2)29-13-24-28-20(29)17-8-5-9-18(25-17)26-21(30)15-6-4-7-16(12-15)32-19-10-11-23-22(27-19)31-3/h4-14H,1-3H3,(H,25,26,30). The summed E-state index contributed by atoms with van der Waals surface area (Å²) in [6.07, 6.45) is 3.30. The maximum atomic E-state index is 12.9. The first kappa shape index (κ1) is 21.4. The molecule has 3 aromatic heterocycles. The van der Waals surface area contributed by atoms with Crippen molar-refractivity contribution in [1.29, 1.82) is 0 Å². The Labute approximate surface area is 189 Å². The molecular formula is C22H21N7O2S. The number of nitrogens with zero attached hydrogens (tertiary/aromatic N) is 6. The minimum atomic E-state index is -0.261. The first-order valence-corrected chi connectivity index (χ1v) is 10.7. The van der Waals surface area contributed by atoms with Crippen LogP contribution >= 0.6 is 11.8 Å². The molecule has 0 saturated carbocycles. The van der Waals surface area contributed by atoms with E-state index < -0.39 is 0 Å². The van der Waals surface area contributed by atoms with Crippen LogP contribution in [-0.2, 0) is 0 Å². The van der Waals surface area contributed by atoms with E-state index >= 15 is 0 Å². The van der Waals surface area contributed by atoms with Crippen molar-refractivity contribution < 1.29 is 9.53 Å². The fourth-order valence-electron chi connectivity index (χ4n) is 2.92. The molecule has 0 fully saturated rings. The third-order valence-electron chi connectivity index (χ3n) is 4.46.